The molecule has 0 atom stereocenters. The molecule has 11 heavy (non-hydrogen) atoms. The summed E-state index contributed by atoms with van der Waals surface area (Å²) in [5.74, 6) is 0. The fraction of sp³-hybridized carbons (Fsp3) is 0.500. The minimum atomic E-state index is 0. The van der Waals surface area contributed by atoms with Crippen LogP contribution in [0, 0.1) is 0 Å². The van der Waals surface area contributed by atoms with Gasteiger partial charge in [0, 0.05) is 12.4 Å². The van der Waals surface area contributed by atoms with Gasteiger partial charge in [0.1, 0.15) is 0 Å². The van der Waals surface area contributed by atoms with Crippen LogP contribution in [0.2, 0.25) is 0 Å². The summed E-state index contributed by atoms with van der Waals surface area (Å²) in [5, 5.41) is 0. The van der Waals surface area contributed by atoms with E-state index in [-0.39, 0.29) is 12.4 Å². The van der Waals surface area contributed by atoms with Crippen LogP contribution >= 0.6 is 12.4 Å². The number of H-pyrrole nitrogens is 1. The molecule has 0 spiro atoms. The van der Waals surface area contributed by atoms with E-state index in [9.17, 15) is 0 Å². The molecule has 0 aliphatic carbocycles. The van der Waals surface area contributed by atoms with Crippen molar-refractivity contribution in [3.8, 4) is 0 Å². The average molecular weight is 175 g/mol. The van der Waals surface area contributed by atoms with Crippen LogP contribution in [-0.2, 0) is 6.42 Å². The molecule has 0 radical (unpaired) electrons. The molecule has 1 aromatic heterocycles. The van der Waals surface area contributed by atoms with Crippen LogP contribution in [0.15, 0.2) is 18.5 Å². The van der Waals surface area contributed by atoms with E-state index in [0.29, 0.717) is 0 Å². The van der Waals surface area contributed by atoms with Crippen molar-refractivity contribution in [2.45, 2.75) is 19.3 Å². The Bertz CT molecular complexity index is 161. The van der Waals surface area contributed by atoms with Crippen molar-refractivity contribution in [1.29, 1.82) is 0 Å². The highest BCUT2D eigenvalue weighted by molar-refractivity contribution is 5.85. The van der Waals surface area contributed by atoms with Gasteiger partial charge >= 0.3 is 0 Å². The number of hydrogen-bond donors (Lipinski definition) is 2. The van der Waals surface area contributed by atoms with Gasteiger partial charge in [-0.15, -0.1) is 12.4 Å². The lowest BCUT2D eigenvalue weighted by molar-refractivity contribution is 0.745. The van der Waals surface area contributed by atoms with Gasteiger partial charge in [0.25, 0.3) is 0 Å². The van der Waals surface area contributed by atoms with E-state index in [2.05, 4.69) is 11.1 Å². The van der Waals surface area contributed by atoms with Crippen LogP contribution in [0.5, 0.6) is 0 Å². The molecule has 0 aliphatic heterocycles. The molecular formula is C8H15ClN2. The van der Waals surface area contributed by atoms with E-state index in [1.54, 1.807) is 0 Å². The molecule has 0 fully saturated rings. The maximum atomic E-state index is 5.36. The molecule has 0 aliphatic rings. The van der Waals surface area contributed by atoms with Gasteiger partial charge in [-0.05, 0) is 37.4 Å². The lowest BCUT2D eigenvalue weighted by Crippen LogP contribution is -1.98. The van der Waals surface area contributed by atoms with Gasteiger partial charge in [0.15, 0.2) is 0 Å². The molecule has 0 aromatic carbocycles. The van der Waals surface area contributed by atoms with Gasteiger partial charge in [-0.1, -0.05) is 0 Å². The molecular weight excluding hydrogens is 160 g/mol. The Kier molecular flexibility index (Phi) is 5.99. The van der Waals surface area contributed by atoms with Crippen LogP contribution in [0.1, 0.15) is 18.4 Å². The summed E-state index contributed by atoms with van der Waals surface area (Å²) < 4.78 is 0. The minimum absolute atomic E-state index is 0. The molecule has 1 aromatic rings. The quantitative estimate of drug-likeness (QED) is 0.671. The predicted molar refractivity (Wildman–Crippen MR) is 50.0 cm³/mol. The molecule has 0 saturated heterocycles. The molecule has 0 amide bonds. The normalized spacial score (nSPS) is 9.18. The van der Waals surface area contributed by atoms with Crippen molar-refractivity contribution in [2.75, 3.05) is 6.54 Å². The molecule has 64 valence electrons. The summed E-state index contributed by atoms with van der Waals surface area (Å²) in [6, 6.07) is 2.11. The maximum Gasteiger partial charge on any atom is 0.00373 e. The highest BCUT2D eigenvalue weighted by Crippen LogP contribution is 2.01. The zero-order valence-electron chi connectivity index (χ0n) is 6.55. The first-order valence-electron chi connectivity index (χ1n) is 3.75. The largest absolute Gasteiger partial charge is 0.367 e. The fourth-order valence-corrected chi connectivity index (χ4v) is 0.987. The number of halogens is 1. The maximum absolute atomic E-state index is 5.36. The van der Waals surface area contributed by atoms with E-state index in [4.69, 9.17) is 5.73 Å². The Hall–Kier alpha value is -0.470. The summed E-state index contributed by atoms with van der Waals surface area (Å²) in [5.41, 5.74) is 6.74. The monoisotopic (exact) mass is 174 g/mol. The number of aromatic nitrogens is 1. The molecule has 0 unspecified atom stereocenters. The number of hydrogen-bond acceptors (Lipinski definition) is 1. The van der Waals surface area contributed by atoms with Gasteiger partial charge in [-0.25, -0.2) is 0 Å². The standard InChI is InChI=1S/C8H14N2.ClH/c9-5-2-1-3-8-4-6-10-7-8;/h4,6-7,10H,1-3,5,9H2;1H. The first kappa shape index (κ1) is 10.5. The van der Waals surface area contributed by atoms with Crippen molar-refractivity contribution in [1.82, 2.24) is 4.98 Å². The molecule has 1 rings (SSSR count). The first-order chi connectivity index (χ1) is 4.93. The zero-order chi connectivity index (χ0) is 7.23. The van der Waals surface area contributed by atoms with Gasteiger partial charge in [0.2, 0.25) is 0 Å². The SMILES string of the molecule is Cl.NCCCCc1cc[nH]c1. The zero-order valence-corrected chi connectivity index (χ0v) is 7.36. The third-order valence-electron chi connectivity index (χ3n) is 1.58. The second kappa shape index (κ2) is 6.25. The van der Waals surface area contributed by atoms with E-state index in [1.165, 1.54) is 12.0 Å². The summed E-state index contributed by atoms with van der Waals surface area (Å²) >= 11 is 0. The number of nitrogens with one attached hydrogen (secondary N) is 1. The number of rotatable bonds is 4. The van der Waals surface area contributed by atoms with Crippen molar-refractivity contribution < 1.29 is 0 Å². The predicted octanol–water partition coefficient (Wildman–Crippen LogP) is 1.72. The Morgan fingerprint density at radius 3 is 2.73 bits per heavy atom. The number of unbranched alkanes of at least 4 members (excludes halogenated alkanes) is 1. The second-order valence-corrected chi connectivity index (χ2v) is 2.47. The number of aryl methyl sites for hydroxylation is 1. The van der Waals surface area contributed by atoms with Gasteiger partial charge in [-0.3, -0.25) is 0 Å². The third-order valence-corrected chi connectivity index (χ3v) is 1.58. The summed E-state index contributed by atoms with van der Waals surface area (Å²) in [4.78, 5) is 3.03. The van der Waals surface area contributed by atoms with E-state index >= 15 is 0 Å². The van der Waals surface area contributed by atoms with Crippen LogP contribution in [0.3, 0.4) is 0 Å². The van der Waals surface area contributed by atoms with Crippen molar-refractivity contribution >= 4 is 12.4 Å². The van der Waals surface area contributed by atoms with E-state index in [1.807, 2.05) is 12.4 Å². The van der Waals surface area contributed by atoms with Gasteiger partial charge in [0.05, 0.1) is 0 Å². The number of nitrogens with two attached hydrogens (primary N) is 1. The first-order valence-corrected chi connectivity index (χ1v) is 3.75. The fourth-order valence-electron chi connectivity index (χ4n) is 0.987. The summed E-state index contributed by atoms with van der Waals surface area (Å²) in [6.07, 6.45) is 7.48. The topological polar surface area (TPSA) is 41.8 Å². The van der Waals surface area contributed by atoms with Crippen LogP contribution in [0.25, 0.3) is 0 Å². The Morgan fingerprint density at radius 1 is 1.36 bits per heavy atom. The van der Waals surface area contributed by atoms with Crippen molar-refractivity contribution in [3.05, 3.63) is 24.0 Å². The van der Waals surface area contributed by atoms with Crippen LogP contribution in [-0.4, -0.2) is 11.5 Å². The minimum Gasteiger partial charge on any atom is -0.367 e. The second-order valence-electron chi connectivity index (χ2n) is 2.47. The van der Waals surface area contributed by atoms with E-state index < -0.39 is 0 Å². The average Bonchev–Trinajstić information content (AvgIpc) is 2.41. The lowest BCUT2D eigenvalue weighted by Gasteiger charge is -1.93. The third kappa shape index (κ3) is 4.06. The van der Waals surface area contributed by atoms with E-state index in [0.717, 1.165) is 19.4 Å². The highest BCUT2D eigenvalue weighted by atomic mass is 35.5. The Morgan fingerprint density at radius 2 is 2.18 bits per heavy atom. The molecule has 0 saturated carbocycles. The van der Waals surface area contributed by atoms with Crippen molar-refractivity contribution in [2.24, 2.45) is 5.73 Å². The van der Waals surface area contributed by atoms with Crippen LogP contribution in [0.4, 0.5) is 0 Å². The van der Waals surface area contributed by atoms with Crippen LogP contribution < -0.4 is 5.73 Å². The molecule has 3 heteroatoms. The smallest absolute Gasteiger partial charge is 0.00373 e. The molecule has 0 bridgehead atoms. The number of aromatic amines is 1. The molecule has 1 heterocycles. The van der Waals surface area contributed by atoms with Gasteiger partial charge < -0.3 is 10.7 Å². The summed E-state index contributed by atoms with van der Waals surface area (Å²) in [7, 11) is 0. The highest BCUT2D eigenvalue weighted by Gasteiger charge is 1.90. The Labute approximate surface area is 73.6 Å². The van der Waals surface area contributed by atoms with Gasteiger partial charge in [-0.2, -0.15) is 0 Å². The Balaban J connectivity index is 0.000001000. The summed E-state index contributed by atoms with van der Waals surface area (Å²) in [6.45, 7) is 0.810. The molecule has 3 N–H and O–H groups in total. The lowest BCUT2D eigenvalue weighted by atomic mass is 10.1. The molecule has 2 nitrogen and oxygen atoms in total. The van der Waals surface area contributed by atoms with Crippen molar-refractivity contribution in [3.63, 3.8) is 0 Å².